The normalized spacial score (nSPS) is 17.2. The summed E-state index contributed by atoms with van der Waals surface area (Å²) in [6, 6.07) is 3.88. The molecule has 1 atom stereocenters. The second-order valence-electron chi connectivity index (χ2n) is 5.52. The highest BCUT2D eigenvalue weighted by Gasteiger charge is 2.40. The van der Waals surface area contributed by atoms with Gasteiger partial charge in [-0.2, -0.15) is 13.2 Å². The SMILES string of the molecule is Cl.Fc1c(Cl)ccc(C(F)(F)F)c1[C@H](c1ccco1)N1CCNCC1. The molecular weight excluding hydrogens is 383 g/mol. The Kier molecular flexibility index (Phi) is 6.37. The van der Waals surface area contributed by atoms with Gasteiger partial charge in [0.1, 0.15) is 11.6 Å². The van der Waals surface area contributed by atoms with Gasteiger partial charge in [-0.3, -0.25) is 4.90 Å². The van der Waals surface area contributed by atoms with Crippen molar-refractivity contribution in [2.45, 2.75) is 12.2 Å². The fourth-order valence-corrected chi connectivity index (χ4v) is 3.14. The van der Waals surface area contributed by atoms with Crippen LogP contribution in [0.4, 0.5) is 17.6 Å². The van der Waals surface area contributed by atoms with Gasteiger partial charge < -0.3 is 9.73 Å². The Bertz CT molecular complexity index is 701. The number of piperazine rings is 1. The van der Waals surface area contributed by atoms with Gasteiger partial charge in [0.25, 0.3) is 0 Å². The number of hydrogen-bond acceptors (Lipinski definition) is 3. The Morgan fingerprint density at radius 1 is 1.16 bits per heavy atom. The fraction of sp³-hybridized carbons (Fsp3) is 0.375. The highest BCUT2D eigenvalue weighted by molar-refractivity contribution is 6.30. The van der Waals surface area contributed by atoms with Crippen molar-refractivity contribution in [2.24, 2.45) is 0 Å². The van der Waals surface area contributed by atoms with Crippen LogP contribution in [0.25, 0.3) is 0 Å². The van der Waals surface area contributed by atoms with E-state index in [1.165, 1.54) is 6.26 Å². The first kappa shape index (κ1) is 20.0. The summed E-state index contributed by atoms with van der Waals surface area (Å²) < 4.78 is 60.4. The van der Waals surface area contributed by atoms with Crippen LogP contribution in [0.5, 0.6) is 0 Å². The molecule has 0 aliphatic carbocycles. The van der Waals surface area contributed by atoms with Crippen LogP contribution < -0.4 is 5.32 Å². The summed E-state index contributed by atoms with van der Waals surface area (Å²) in [5.41, 5.74) is -1.53. The average molecular weight is 399 g/mol. The highest BCUT2D eigenvalue weighted by Crippen LogP contribution is 2.42. The third kappa shape index (κ3) is 4.11. The van der Waals surface area contributed by atoms with Crippen molar-refractivity contribution < 1.29 is 22.0 Å². The molecule has 2 heterocycles. The summed E-state index contributed by atoms with van der Waals surface area (Å²) in [5.74, 6) is -0.810. The second-order valence-corrected chi connectivity index (χ2v) is 5.93. The van der Waals surface area contributed by atoms with Crippen LogP contribution in [0.1, 0.15) is 22.9 Å². The lowest BCUT2D eigenvalue weighted by Gasteiger charge is -2.35. The van der Waals surface area contributed by atoms with Crippen LogP contribution >= 0.6 is 24.0 Å². The van der Waals surface area contributed by atoms with Crippen molar-refractivity contribution in [3.63, 3.8) is 0 Å². The van der Waals surface area contributed by atoms with E-state index in [1.807, 2.05) is 0 Å². The van der Waals surface area contributed by atoms with E-state index in [0.717, 1.165) is 12.1 Å². The summed E-state index contributed by atoms with van der Waals surface area (Å²) in [6.07, 6.45) is -3.33. The van der Waals surface area contributed by atoms with E-state index in [-0.39, 0.29) is 23.2 Å². The number of alkyl halides is 3. The summed E-state index contributed by atoms with van der Waals surface area (Å²) in [5, 5.41) is 2.78. The molecule has 3 rings (SSSR count). The zero-order chi connectivity index (χ0) is 17.3. The molecule has 2 aromatic rings. The first-order valence-corrected chi connectivity index (χ1v) is 7.80. The maximum absolute atomic E-state index is 14.7. The molecule has 1 aromatic carbocycles. The molecule has 1 fully saturated rings. The molecule has 0 spiro atoms. The fourth-order valence-electron chi connectivity index (χ4n) is 2.97. The van der Waals surface area contributed by atoms with Crippen LogP contribution in [-0.4, -0.2) is 31.1 Å². The lowest BCUT2D eigenvalue weighted by molar-refractivity contribution is -0.139. The minimum atomic E-state index is -4.69. The van der Waals surface area contributed by atoms with E-state index < -0.39 is 29.2 Å². The summed E-state index contributed by atoms with van der Waals surface area (Å²) in [6.45, 7) is 2.13. The Balaban J connectivity index is 0.00000225. The van der Waals surface area contributed by atoms with E-state index in [2.05, 4.69) is 5.32 Å². The first-order valence-electron chi connectivity index (χ1n) is 7.43. The van der Waals surface area contributed by atoms with Crippen LogP contribution in [0, 0.1) is 5.82 Å². The van der Waals surface area contributed by atoms with Crippen molar-refractivity contribution in [2.75, 3.05) is 26.2 Å². The molecule has 1 aliphatic rings. The van der Waals surface area contributed by atoms with E-state index in [9.17, 15) is 17.6 Å². The molecule has 0 saturated carbocycles. The Morgan fingerprint density at radius 3 is 2.40 bits per heavy atom. The maximum Gasteiger partial charge on any atom is 0.416 e. The number of furan rings is 1. The van der Waals surface area contributed by atoms with E-state index in [0.29, 0.717) is 26.2 Å². The molecule has 1 saturated heterocycles. The topological polar surface area (TPSA) is 28.4 Å². The van der Waals surface area contributed by atoms with Crippen molar-refractivity contribution in [1.82, 2.24) is 10.2 Å². The molecule has 0 amide bonds. The van der Waals surface area contributed by atoms with Gasteiger partial charge in [0.15, 0.2) is 0 Å². The minimum Gasteiger partial charge on any atom is -0.467 e. The smallest absolute Gasteiger partial charge is 0.416 e. The van der Waals surface area contributed by atoms with Crippen molar-refractivity contribution in [3.05, 3.63) is 58.3 Å². The van der Waals surface area contributed by atoms with Gasteiger partial charge in [0.2, 0.25) is 0 Å². The molecule has 25 heavy (non-hydrogen) atoms. The molecule has 1 aromatic heterocycles. The van der Waals surface area contributed by atoms with Crippen LogP contribution in [0.15, 0.2) is 34.9 Å². The first-order chi connectivity index (χ1) is 11.4. The standard InChI is InChI=1S/C16H15ClF4N2O.ClH/c17-11-4-3-10(16(19,20)21)13(14(11)18)15(12-2-1-9-24-12)23-7-5-22-6-8-23;/h1-4,9,15,22H,5-8H2;1H/t15-;/m0./s1. The van der Waals surface area contributed by atoms with Gasteiger partial charge in [-0.15, -0.1) is 12.4 Å². The lowest BCUT2D eigenvalue weighted by atomic mass is 9.95. The number of nitrogens with one attached hydrogen (secondary N) is 1. The lowest BCUT2D eigenvalue weighted by Crippen LogP contribution is -2.46. The maximum atomic E-state index is 14.7. The summed E-state index contributed by atoms with van der Waals surface area (Å²) in [4.78, 5) is 1.76. The van der Waals surface area contributed by atoms with E-state index in [1.54, 1.807) is 17.0 Å². The van der Waals surface area contributed by atoms with Gasteiger partial charge in [-0.1, -0.05) is 11.6 Å². The number of benzene rings is 1. The van der Waals surface area contributed by atoms with Crippen LogP contribution in [0.2, 0.25) is 5.02 Å². The molecule has 0 bridgehead atoms. The largest absolute Gasteiger partial charge is 0.467 e. The van der Waals surface area contributed by atoms with E-state index >= 15 is 0 Å². The van der Waals surface area contributed by atoms with Gasteiger partial charge >= 0.3 is 6.18 Å². The highest BCUT2D eigenvalue weighted by atomic mass is 35.5. The van der Waals surface area contributed by atoms with Crippen molar-refractivity contribution >= 4 is 24.0 Å². The molecule has 1 aliphatic heterocycles. The monoisotopic (exact) mass is 398 g/mol. The van der Waals surface area contributed by atoms with Crippen LogP contribution in [-0.2, 0) is 6.18 Å². The Morgan fingerprint density at radius 2 is 1.84 bits per heavy atom. The predicted octanol–water partition coefficient (Wildman–Crippen LogP) is 4.51. The third-order valence-electron chi connectivity index (χ3n) is 4.04. The number of nitrogens with zero attached hydrogens (tertiary/aromatic N) is 1. The summed E-state index contributed by atoms with van der Waals surface area (Å²) in [7, 11) is 0. The van der Waals surface area contributed by atoms with Crippen molar-refractivity contribution in [3.8, 4) is 0 Å². The van der Waals surface area contributed by atoms with Gasteiger partial charge in [-0.25, -0.2) is 4.39 Å². The number of halogens is 6. The average Bonchev–Trinajstić information content (AvgIpc) is 3.06. The zero-order valence-corrected chi connectivity index (χ0v) is 14.5. The Hall–Kier alpha value is -1.28. The molecule has 0 unspecified atom stereocenters. The molecule has 1 N–H and O–H groups in total. The zero-order valence-electron chi connectivity index (χ0n) is 12.9. The van der Waals surface area contributed by atoms with Crippen LogP contribution in [0.3, 0.4) is 0 Å². The van der Waals surface area contributed by atoms with Gasteiger partial charge in [0, 0.05) is 31.7 Å². The van der Waals surface area contributed by atoms with Gasteiger partial charge in [0.05, 0.1) is 22.9 Å². The molecule has 3 nitrogen and oxygen atoms in total. The van der Waals surface area contributed by atoms with Crippen molar-refractivity contribution in [1.29, 1.82) is 0 Å². The third-order valence-corrected chi connectivity index (χ3v) is 4.33. The number of hydrogen-bond donors (Lipinski definition) is 1. The molecule has 9 heteroatoms. The molecule has 0 radical (unpaired) electrons. The number of rotatable bonds is 3. The molecule has 138 valence electrons. The predicted molar refractivity (Wildman–Crippen MR) is 88.7 cm³/mol. The quantitative estimate of drug-likeness (QED) is 0.771. The van der Waals surface area contributed by atoms with E-state index in [4.69, 9.17) is 16.0 Å². The summed E-state index contributed by atoms with van der Waals surface area (Å²) >= 11 is 5.78. The minimum absolute atomic E-state index is 0. The van der Waals surface area contributed by atoms with Gasteiger partial charge in [-0.05, 0) is 24.3 Å². The Labute approximate surface area is 153 Å². The molecular formula is C16H16Cl2F4N2O. The second kappa shape index (κ2) is 7.95.